The van der Waals surface area contributed by atoms with Gasteiger partial charge in [0.05, 0.1) is 24.7 Å². The second kappa shape index (κ2) is 7.12. The maximum atomic E-state index is 12.5. The number of carbonyl (C=O) groups excluding carboxylic acids is 1. The van der Waals surface area contributed by atoms with Gasteiger partial charge in [-0.15, -0.1) is 0 Å². The van der Waals surface area contributed by atoms with Gasteiger partial charge in [0.1, 0.15) is 5.39 Å². The summed E-state index contributed by atoms with van der Waals surface area (Å²) in [6, 6.07) is -0.0650. The summed E-state index contributed by atoms with van der Waals surface area (Å²) in [5, 5.41) is 7.55. The van der Waals surface area contributed by atoms with Crippen LogP contribution in [0.5, 0.6) is 0 Å². The zero-order valence-corrected chi connectivity index (χ0v) is 14.9. The molecule has 2 rings (SSSR count). The largest absolute Gasteiger partial charge is 0.383 e. The molecule has 0 aliphatic rings. The summed E-state index contributed by atoms with van der Waals surface area (Å²) in [6.45, 7) is 8.58. The molecule has 0 spiro atoms. The molecule has 0 aromatic carbocycles. The molecule has 24 heavy (non-hydrogen) atoms. The zero-order chi connectivity index (χ0) is 17.9. The van der Waals surface area contributed by atoms with E-state index in [2.05, 4.69) is 15.4 Å². The van der Waals surface area contributed by atoms with Gasteiger partial charge in [0, 0.05) is 26.1 Å². The van der Waals surface area contributed by atoms with Crippen molar-refractivity contribution in [3.63, 3.8) is 0 Å². The lowest BCUT2D eigenvalue weighted by atomic mass is 10.1. The molecule has 2 aromatic rings. The van der Waals surface area contributed by atoms with Gasteiger partial charge >= 0.3 is 0 Å². The summed E-state index contributed by atoms with van der Waals surface area (Å²) in [6.07, 6.45) is 3.21. The van der Waals surface area contributed by atoms with Crippen LogP contribution in [-0.4, -0.2) is 45.0 Å². The number of ether oxygens (including phenoxy) is 1. The van der Waals surface area contributed by atoms with Gasteiger partial charge in [0.15, 0.2) is 5.65 Å². The number of methoxy groups -OCH3 is 1. The molecule has 0 radical (unpaired) electrons. The number of nitrogens with zero attached hydrogens (tertiary/aromatic N) is 4. The molecule has 0 unspecified atom stereocenters. The van der Waals surface area contributed by atoms with Crippen LogP contribution < -0.4 is 10.9 Å². The molecule has 132 valence electrons. The third-order valence-corrected chi connectivity index (χ3v) is 3.59. The number of carbonyl (C=O) groups is 1. The van der Waals surface area contributed by atoms with Crippen LogP contribution in [-0.2, 0) is 21.6 Å². The predicted molar refractivity (Wildman–Crippen MR) is 90.9 cm³/mol. The first-order chi connectivity index (χ1) is 11.2. The number of nitrogens with one attached hydrogen (secondary N) is 1. The Bertz CT molecular complexity index is 772. The monoisotopic (exact) mass is 335 g/mol. The Morgan fingerprint density at radius 2 is 2.12 bits per heavy atom. The first-order valence-corrected chi connectivity index (χ1v) is 7.96. The summed E-state index contributed by atoms with van der Waals surface area (Å²) in [5.41, 5.74) is 0.111. The van der Waals surface area contributed by atoms with Crippen molar-refractivity contribution in [3.8, 4) is 0 Å². The highest BCUT2D eigenvalue weighted by atomic mass is 16.5. The normalized spacial score (nSPS) is 13.2. The van der Waals surface area contributed by atoms with E-state index in [0.29, 0.717) is 17.6 Å². The lowest BCUT2D eigenvalue weighted by Gasteiger charge is -2.19. The van der Waals surface area contributed by atoms with Crippen molar-refractivity contribution in [2.24, 2.45) is 0 Å². The van der Waals surface area contributed by atoms with Crippen molar-refractivity contribution < 1.29 is 9.53 Å². The molecule has 1 N–H and O–H groups in total. The molecular formula is C16H25N5O3. The Hall–Kier alpha value is -2.22. The minimum Gasteiger partial charge on any atom is -0.383 e. The fourth-order valence-corrected chi connectivity index (χ4v) is 2.46. The average Bonchev–Trinajstić information content (AvgIpc) is 2.91. The van der Waals surface area contributed by atoms with E-state index in [1.165, 1.54) is 17.1 Å². The Morgan fingerprint density at radius 1 is 1.42 bits per heavy atom. The maximum absolute atomic E-state index is 12.5. The van der Waals surface area contributed by atoms with Crippen LogP contribution in [0.3, 0.4) is 0 Å². The van der Waals surface area contributed by atoms with E-state index >= 15 is 0 Å². The van der Waals surface area contributed by atoms with E-state index < -0.39 is 0 Å². The van der Waals surface area contributed by atoms with Crippen LogP contribution in [0.4, 0.5) is 0 Å². The SMILES string of the molecule is COC[C@H](C)NC(=O)CCn1cnc2c(cnn2C(C)(C)C)c1=O. The molecule has 1 atom stereocenters. The van der Waals surface area contributed by atoms with Crippen LogP contribution in [0.2, 0.25) is 0 Å². The fraction of sp³-hybridized carbons (Fsp3) is 0.625. The van der Waals surface area contributed by atoms with Gasteiger partial charge in [0.2, 0.25) is 5.91 Å². The zero-order valence-electron chi connectivity index (χ0n) is 14.9. The lowest BCUT2D eigenvalue weighted by molar-refractivity contribution is -0.122. The Morgan fingerprint density at radius 3 is 2.75 bits per heavy atom. The van der Waals surface area contributed by atoms with Crippen molar-refractivity contribution in [1.29, 1.82) is 0 Å². The topological polar surface area (TPSA) is 91.0 Å². The molecule has 0 aliphatic heterocycles. The van der Waals surface area contributed by atoms with Gasteiger partial charge in [-0.3, -0.25) is 14.2 Å². The van der Waals surface area contributed by atoms with Gasteiger partial charge in [0.25, 0.3) is 5.56 Å². The van der Waals surface area contributed by atoms with Crippen molar-refractivity contribution in [2.75, 3.05) is 13.7 Å². The van der Waals surface area contributed by atoms with Crippen LogP contribution in [0, 0.1) is 0 Å². The Kier molecular flexibility index (Phi) is 5.38. The highest BCUT2D eigenvalue weighted by Gasteiger charge is 2.19. The van der Waals surface area contributed by atoms with Crippen LogP contribution in [0.15, 0.2) is 17.3 Å². The van der Waals surface area contributed by atoms with Gasteiger partial charge in [-0.05, 0) is 27.7 Å². The van der Waals surface area contributed by atoms with Gasteiger partial charge in [-0.25, -0.2) is 9.67 Å². The van der Waals surface area contributed by atoms with Crippen molar-refractivity contribution in [3.05, 3.63) is 22.9 Å². The second-order valence-corrected chi connectivity index (χ2v) is 6.88. The van der Waals surface area contributed by atoms with E-state index in [1.807, 2.05) is 27.7 Å². The fourth-order valence-electron chi connectivity index (χ4n) is 2.46. The number of hydrogen-bond donors (Lipinski definition) is 1. The van der Waals surface area contributed by atoms with Gasteiger partial charge < -0.3 is 10.1 Å². The molecule has 2 aromatic heterocycles. The standard InChI is InChI=1S/C16H25N5O3/c1-11(9-24-5)19-13(22)6-7-20-10-17-14-12(15(20)23)8-18-21(14)16(2,3)4/h8,10-11H,6-7,9H2,1-5H3,(H,19,22)/t11-/m0/s1. The van der Waals surface area contributed by atoms with E-state index in [0.717, 1.165) is 0 Å². The number of fused-ring (bicyclic) bond motifs is 1. The minimum atomic E-state index is -0.259. The molecule has 0 fully saturated rings. The first-order valence-electron chi connectivity index (χ1n) is 7.96. The number of rotatable bonds is 6. The molecule has 8 heteroatoms. The van der Waals surface area contributed by atoms with Crippen LogP contribution in [0.25, 0.3) is 11.0 Å². The molecule has 0 saturated heterocycles. The minimum absolute atomic E-state index is 0.0650. The highest BCUT2D eigenvalue weighted by Crippen LogP contribution is 2.17. The molecule has 0 bridgehead atoms. The lowest BCUT2D eigenvalue weighted by Crippen LogP contribution is -2.36. The maximum Gasteiger partial charge on any atom is 0.264 e. The third kappa shape index (κ3) is 4.00. The van der Waals surface area contributed by atoms with E-state index in [-0.39, 0.29) is 36.0 Å². The number of aromatic nitrogens is 4. The quantitative estimate of drug-likeness (QED) is 0.846. The number of amides is 1. The smallest absolute Gasteiger partial charge is 0.264 e. The van der Waals surface area contributed by atoms with E-state index in [1.54, 1.807) is 11.8 Å². The van der Waals surface area contributed by atoms with Crippen molar-refractivity contribution in [1.82, 2.24) is 24.6 Å². The molecule has 2 heterocycles. The highest BCUT2D eigenvalue weighted by molar-refractivity contribution is 5.76. The Labute approximate surface area is 140 Å². The second-order valence-electron chi connectivity index (χ2n) is 6.88. The number of aryl methyl sites for hydroxylation is 1. The summed E-state index contributed by atoms with van der Waals surface area (Å²) >= 11 is 0. The molecule has 1 amide bonds. The summed E-state index contributed by atoms with van der Waals surface area (Å²) in [5.74, 6) is -0.128. The molecule has 0 saturated carbocycles. The summed E-state index contributed by atoms with van der Waals surface area (Å²) in [7, 11) is 1.58. The Balaban J connectivity index is 2.13. The average molecular weight is 335 g/mol. The van der Waals surface area contributed by atoms with Crippen molar-refractivity contribution >= 4 is 16.9 Å². The van der Waals surface area contributed by atoms with Crippen LogP contribution in [0.1, 0.15) is 34.1 Å². The van der Waals surface area contributed by atoms with E-state index in [4.69, 9.17) is 4.74 Å². The molecular weight excluding hydrogens is 310 g/mol. The van der Waals surface area contributed by atoms with Gasteiger partial charge in [-0.2, -0.15) is 5.10 Å². The first kappa shape index (κ1) is 18.1. The molecule has 0 aliphatic carbocycles. The summed E-state index contributed by atoms with van der Waals surface area (Å²) < 4.78 is 8.15. The summed E-state index contributed by atoms with van der Waals surface area (Å²) in [4.78, 5) is 28.8. The molecule has 8 nitrogen and oxygen atoms in total. The van der Waals surface area contributed by atoms with Crippen molar-refractivity contribution in [2.45, 2.75) is 52.2 Å². The number of hydrogen-bond acceptors (Lipinski definition) is 5. The van der Waals surface area contributed by atoms with E-state index in [9.17, 15) is 9.59 Å². The van der Waals surface area contributed by atoms with Crippen LogP contribution >= 0.6 is 0 Å². The van der Waals surface area contributed by atoms with Gasteiger partial charge in [-0.1, -0.05) is 0 Å². The predicted octanol–water partition coefficient (Wildman–Crippen LogP) is 0.889. The third-order valence-electron chi connectivity index (χ3n) is 3.59.